The third-order valence-corrected chi connectivity index (χ3v) is 4.87. The smallest absolute Gasteiger partial charge is 0.376 e. The van der Waals surface area contributed by atoms with E-state index in [4.69, 9.17) is 10.5 Å². The van der Waals surface area contributed by atoms with Gasteiger partial charge in [0.25, 0.3) is 0 Å². The molecule has 29 heavy (non-hydrogen) atoms. The maximum atomic E-state index is 13.6. The van der Waals surface area contributed by atoms with Gasteiger partial charge in [0.05, 0.1) is 34.8 Å². The second-order valence-electron chi connectivity index (χ2n) is 6.66. The zero-order valence-corrected chi connectivity index (χ0v) is 14.8. The Labute approximate surface area is 161 Å². The van der Waals surface area contributed by atoms with E-state index in [1.54, 1.807) is 0 Å². The molecule has 2 heterocycles. The summed E-state index contributed by atoms with van der Waals surface area (Å²) in [5.74, 6) is -2.88. The maximum absolute atomic E-state index is 13.6. The van der Waals surface area contributed by atoms with Crippen LogP contribution in [0.1, 0.15) is 34.7 Å². The number of ether oxygens (including phenoxy) is 1. The van der Waals surface area contributed by atoms with Crippen LogP contribution >= 0.6 is 0 Å². The molecule has 2 aromatic rings. The van der Waals surface area contributed by atoms with Gasteiger partial charge in [-0.25, -0.2) is 0 Å². The number of carbonyl (C=O) groups excluding carboxylic acids is 1. The fourth-order valence-electron chi connectivity index (χ4n) is 3.53. The molecular weight excluding hydrogens is 402 g/mol. The molecule has 1 aliphatic heterocycles. The maximum Gasteiger partial charge on any atom is 0.418 e. The van der Waals surface area contributed by atoms with Crippen molar-refractivity contribution in [1.29, 1.82) is 0 Å². The number of primary amides is 1. The lowest BCUT2D eigenvalue weighted by Gasteiger charge is -2.28. The minimum atomic E-state index is -4.76. The standard InChI is InChI=1S/C19H16F6N2O2/c20-18(21,22)11-5-3-10(4-6-11)14(16-12(17(26)28)7-9-29-16)15-13(19(23,24)25)2-1-8-27-15/h1-6,8,12,14,16H,7,9H2,(H2,26,28)/t12?,14-,16?/m0/s1. The van der Waals surface area contributed by atoms with Crippen LogP contribution in [0.25, 0.3) is 0 Å². The summed E-state index contributed by atoms with van der Waals surface area (Å²) < 4.78 is 84.9. The third kappa shape index (κ3) is 4.36. The minimum absolute atomic E-state index is 0.0869. The molecule has 1 aliphatic rings. The molecule has 3 rings (SSSR count). The fourth-order valence-corrected chi connectivity index (χ4v) is 3.53. The van der Waals surface area contributed by atoms with E-state index in [0.29, 0.717) is 0 Å². The predicted octanol–water partition coefficient (Wildman–Crippen LogP) is 4.14. The molecule has 4 nitrogen and oxygen atoms in total. The summed E-state index contributed by atoms with van der Waals surface area (Å²) in [6, 6.07) is 5.62. The van der Waals surface area contributed by atoms with Crippen molar-refractivity contribution in [3.05, 3.63) is 65.0 Å². The van der Waals surface area contributed by atoms with E-state index < -0.39 is 53.0 Å². The van der Waals surface area contributed by atoms with E-state index in [2.05, 4.69) is 4.98 Å². The van der Waals surface area contributed by atoms with E-state index >= 15 is 0 Å². The monoisotopic (exact) mass is 418 g/mol. The van der Waals surface area contributed by atoms with Gasteiger partial charge in [-0.05, 0) is 36.2 Å². The number of aromatic nitrogens is 1. The Morgan fingerprint density at radius 1 is 1.07 bits per heavy atom. The van der Waals surface area contributed by atoms with Crippen LogP contribution in [0.2, 0.25) is 0 Å². The molecule has 0 saturated carbocycles. The highest BCUT2D eigenvalue weighted by molar-refractivity contribution is 5.78. The Balaban J connectivity index is 2.15. The molecule has 1 aromatic heterocycles. The number of nitrogens with two attached hydrogens (primary N) is 1. The first-order chi connectivity index (χ1) is 13.5. The van der Waals surface area contributed by atoms with Crippen molar-refractivity contribution in [2.45, 2.75) is 30.8 Å². The van der Waals surface area contributed by atoms with Crippen LogP contribution in [0.15, 0.2) is 42.6 Å². The molecule has 156 valence electrons. The summed E-state index contributed by atoms with van der Waals surface area (Å²) in [7, 11) is 0. The normalized spacial score (nSPS) is 21.2. The SMILES string of the molecule is NC(=O)C1CCOC1[C@@H](c1ccc(C(F)(F)F)cc1)c1ncccc1C(F)(F)F. The molecule has 1 amide bonds. The van der Waals surface area contributed by atoms with Gasteiger partial charge in [-0.3, -0.25) is 9.78 Å². The second-order valence-corrected chi connectivity index (χ2v) is 6.66. The highest BCUT2D eigenvalue weighted by Gasteiger charge is 2.44. The first-order valence-corrected chi connectivity index (χ1v) is 8.60. The molecule has 2 N–H and O–H groups in total. The number of hydrogen-bond donors (Lipinski definition) is 1. The van der Waals surface area contributed by atoms with E-state index in [9.17, 15) is 31.1 Å². The molecular formula is C19H16F6N2O2. The van der Waals surface area contributed by atoms with Gasteiger partial charge in [0.2, 0.25) is 5.91 Å². The van der Waals surface area contributed by atoms with Crippen molar-refractivity contribution in [3.8, 4) is 0 Å². The lowest BCUT2D eigenvalue weighted by molar-refractivity contribution is -0.139. The van der Waals surface area contributed by atoms with Crippen LogP contribution in [-0.4, -0.2) is 23.6 Å². The van der Waals surface area contributed by atoms with Crippen LogP contribution in [0.3, 0.4) is 0 Å². The van der Waals surface area contributed by atoms with Gasteiger partial charge in [0, 0.05) is 12.8 Å². The molecule has 1 aromatic carbocycles. The molecule has 1 fully saturated rings. The largest absolute Gasteiger partial charge is 0.418 e. The summed E-state index contributed by atoms with van der Waals surface area (Å²) >= 11 is 0. The van der Waals surface area contributed by atoms with Crippen molar-refractivity contribution in [1.82, 2.24) is 4.98 Å². The summed E-state index contributed by atoms with van der Waals surface area (Å²) in [6.07, 6.45) is -9.09. The number of nitrogens with zero attached hydrogens (tertiary/aromatic N) is 1. The Hall–Kier alpha value is -2.62. The zero-order valence-electron chi connectivity index (χ0n) is 14.8. The first kappa shape index (κ1) is 21.1. The van der Waals surface area contributed by atoms with Crippen molar-refractivity contribution < 1.29 is 35.9 Å². The van der Waals surface area contributed by atoms with Crippen LogP contribution in [0.5, 0.6) is 0 Å². The number of alkyl halides is 6. The van der Waals surface area contributed by atoms with Gasteiger partial charge in [-0.1, -0.05) is 12.1 Å². The van der Waals surface area contributed by atoms with Gasteiger partial charge in [0.1, 0.15) is 0 Å². The molecule has 0 bridgehead atoms. The van der Waals surface area contributed by atoms with E-state index in [1.807, 2.05) is 0 Å². The Morgan fingerprint density at radius 3 is 2.28 bits per heavy atom. The zero-order chi connectivity index (χ0) is 21.4. The Bertz CT molecular complexity index is 880. The quantitative estimate of drug-likeness (QED) is 0.759. The van der Waals surface area contributed by atoms with Gasteiger partial charge in [-0.2, -0.15) is 26.3 Å². The van der Waals surface area contributed by atoms with Gasteiger partial charge >= 0.3 is 12.4 Å². The number of amides is 1. The van der Waals surface area contributed by atoms with Gasteiger partial charge in [0.15, 0.2) is 0 Å². The first-order valence-electron chi connectivity index (χ1n) is 8.60. The lowest BCUT2D eigenvalue weighted by Crippen LogP contribution is -2.36. The molecule has 2 unspecified atom stereocenters. The number of benzene rings is 1. The lowest BCUT2D eigenvalue weighted by atomic mass is 9.81. The Morgan fingerprint density at radius 2 is 1.72 bits per heavy atom. The van der Waals surface area contributed by atoms with Gasteiger partial charge < -0.3 is 10.5 Å². The van der Waals surface area contributed by atoms with Crippen LogP contribution < -0.4 is 5.73 Å². The molecule has 1 saturated heterocycles. The third-order valence-electron chi connectivity index (χ3n) is 4.87. The number of rotatable bonds is 4. The average Bonchev–Trinajstić information content (AvgIpc) is 3.11. The fraction of sp³-hybridized carbons (Fsp3) is 0.368. The summed E-state index contributed by atoms with van der Waals surface area (Å²) in [6.45, 7) is 0.0869. The molecule has 0 spiro atoms. The molecule has 10 heteroatoms. The van der Waals surface area contributed by atoms with Crippen LogP contribution in [0, 0.1) is 5.92 Å². The van der Waals surface area contributed by atoms with E-state index in [1.165, 1.54) is 0 Å². The summed E-state index contributed by atoms with van der Waals surface area (Å²) in [4.78, 5) is 15.7. The number of hydrogen-bond acceptors (Lipinski definition) is 3. The molecule has 3 atom stereocenters. The van der Waals surface area contributed by atoms with Crippen molar-refractivity contribution >= 4 is 5.91 Å². The number of halogens is 6. The Kier molecular flexibility index (Phi) is 5.57. The second kappa shape index (κ2) is 7.66. The topological polar surface area (TPSA) is 65.2 Å². The van der Waals surface area contributed by atoms with E-state index in [-0.39, 0.29) is 18.6 Å². The minimum Gasteiger partial charge on any atom is -0.376 e. The van der Waals surface area contributed by atoms with Crippen molar-refractivity contribution in [2.75, 3.05) is 6.61 Å². The number of carbonyl (C=O) groups is 1. The van der Waals surface area contributed by atoms with Crippen LogP contribution in [-0.2, 0) is 21.9 Å². The van der Waals surface area contributed by atoms with Crippen molar-refractivity contribution in [3.63, 3.8) is 0 Å². The molecule has 0 radical (unpaired) electrons. The highest BCUT2D eigenvalue weighted by atomic mass is 19.4. The number of pyridine rings is 1. The predicted molar refractivity (Wildman–Crippen MR) is 89.6 cm³/mol. The van der Waals surface area contributed by atoms with E-state index in [0.717, 1.165) is 42.6 Å². The summed E-state index contributed by atoms with van der Waals surface area (Å²) in [5.41, 5.74) is 3.06. The van der Waals surface area contributed by atoms with Gasteiger partial charge in [-0.15, -0.1) is 0 Å². The highest BCUT2D eigenvalue weighted by Crippen LogP contribution is 2.43. The summed E-state index contributed by atoms with van der Waals surface area (Å²) in [5, 5.41) is 0. The van der Waals surface area contributed by atoms with Crippen molar-refractivity contribution in [2.24, 2.45) is 11.7 Å². The average molecular weight is 418 g/mol. The molecule has 0 aliphatic carbocycles. The van der Waals surface area contributed by atoms with Crippen LogP contribution in [0.4, 0.5) is 26.3 Å².